The second-order valence-corrected chi connectivity index (χ2v) is 9.14. The number of carbonyl (C=O) groups is 2. The largest absolute Gasteiger partial charge is 0.486 e. The first-order chi connectivity index (χ1) is 11.9. The number of nitrogens with one attached hydrogen (secondary N) is 1. The molecular formula is C19H23NO4S. The summed E-state index contributed by atoms with van der Waals surface area (Å²) in [5, 5.41) is 2.89. The fourth-order valence-electron chi connectivity index (χ4n) is 4.72. The highest BCUT2D eigenvalue weighted by atomic mass is 32.2. The smallest absolute Gasteiger partial charge is 0.223 e. The number of hydrogen-bond donors (Lipinski definition) is 1. The SMILES string of the molecule is Cc1ccc2c(c1)C(=O)C[C@]1(CC[C@H]3[C@@H](C(=O)NCC[S@](C)=O)[C@@H]31)O2. The third-order valence-electron chi connectivity index (χ3n) is 5.88. The van der Waals surface area contributed by atoms with Gasteiger partial charge in [0, 0.05) is 41.2 Å². The van der Waals surface area contributed by atoms with E-state index in [2.05, 4.69) is 5.32 Å². The van der Waals surface area contributed by atoms with Crippen LogP contribution in [0, 0.1) is 24.7 Å². The number of hydrogen-bond acceptors (Lipinski definition) is 4. The Bertz CT molecular complexity index is 777. The maximum atomic E-state index is 12.7. The van der Waals surface area contributed by atoms with Crippen molar-refractivity contribution in [2.24, 2.45) is 17.8 Å². The molecule has 1 aromatic carbocycles. The topological polar surface area (TPSA) is 72.5 Å². The summed E-state index contributed by atoms with van der Waals surface area (Å²) < 4.78 is 17.5. The van der Waals surface area contributed by atoms with Gasteiger partial charge in [0.05, 0.1) is 12.0 Å². The number of aryl methyl sites for hydroxylation is 1. The molecule has 0 saturated heterocycles. The molecule has 5 nitrogen and oxygen atoms in total. The highest BCUT2D eigenvalue weighted by Crippen LogP contribution is 2.65. The van der Waals surface area contributed by atoms with Gasteiger partial charge >= 0.3 is 0 Å². The molecule has 2 saturated carbocycles. The van der Waals surface area contributed by atoms with Crippen molar-refractivity contribution in [1.82, 2.24) is 5.32 Å². The molecule has 1 N–H and O–H groups in total. The van der Waals surface area contributed by atoms with Crippen molar-refractivity contribution in [3.05, 3.63) is 29.3 Å². The van der Waals surface area contributed by atoms with Crippen LogP contribution >= 0.6 is 0 Å². The van der Waals surface area contributed by atoms with Gasteiger partial charge in [0.15, 0.2) is 5.78 Å². The van der Waals surface area contributed by atoms with Gasteiger partial charge in [-0.25, -0.2) is 0 Å². The lowest BCUT2D eigenvalue weighted by atomic mass is 9.84. The van der Waals surface area contributed by atoms with E-state index in [-0.39, 0.29) is 23.5 Å². The number of fused-ring (bicyclic) bond motifs is 3. The van der Waals surface area contributed by atoms with Crippen LogP contribution in [0.25, 0.3) is 0 Å². The number of carbonyl (C=O) groups excluding carboxylic acids is 2. The van der Waals surface area contributed by atoms with Gasteiger partial charge < -0.3 is 10.1 Å². The second kappa shape index (κ2) is 5.94. The fraction of sp³-hybridized carbons (Fsp3) is 0.579. The Morgan fingerprint density at radius 1 is 1.44 bits per heavy atom. The van der Waals surface area contributed by atoms with Crippen molar-refractivity contribution < 1.29 is 18.5 Å². The molecule has 0 aromatic heterocycles. The molecule has 1 aromatic rings. The zero-order valence-corrected chi connectivity index (χ0v) is 15.4. The standard InChI is InChI=1S/C19H23NO4S/c1-11-3-4-15-13(9-11)14(21)10-19(24-15)6-5-12-16(17(12)19)18(22)20-7-8-25(2)23/h3-4,9,12,16-17H,5-8,10H2,1-2H3,(H,20,22)/t12-,16+,17+,19-,25-/m0/s1. The van der Waals surface area contributed by atoms with Crippen molar-refractivity contribution in [2.75, 3.05) is 18.6 Å². The van der Waals surface area contributed by atoms with Crippen molar-refractivity contribution in [3.8, 4) is 5.75 Å². The average Bonchev–Trinajstić information content (AvgIpc) is 3.20. The van der Waals surface area contributed by atoms with Gasteiger partial charge in [-0.3, -0.25) is 13.8 Å². The molecule has 0 unspecified atom stereocenters. The Kier molecular flexibility index (Phi) is 3.98. The summed E-state index contributed by atoms with van der Waals surface area (Å²) in [7, 11) is -0.907. The lowest BCUT2D eigenvalue weighted by Gasteiger charge is -2.37. The molecule has 6 heteroatoms. The fourth-order valence-corrected chi connectivity index (χ4v) is 5.11. The van der Waals surface area contributed by atoms with Crippen LogP contribution in [0.1, 0.15) is 35.2 Å². The van der Waals surface area contributed by atoms with E-state index >= 15 is 0 Å². The molecule has 0 bridgehead atoms. The molecule has 3 aliphatic rings. The molecule has 4 rings (SSSR count). The van der Waals surface area contributed by atoms with Crippen molar-refractivity contribution in [3.63, 3.8) is 0 Å². The molecule has 0 radical (unpaired) electrons. The van der Waals surface area contributed by atoms with Crippen LogP contribution in [0.4, 0.5) is 0 Å². The number of amides is 1. The van der Waals surface area contributed by atoms with Gasteiger partial charge in [-0.2, -0.15) is 0 Å². The predicted molar refractivity (Wildman–Crippen MR) is 95.1 cm³/mol. The van der Waals surface area contributed by atoms with E-state index < -0.39 is 16.4 Å². The monoisotopic (exact) mass is 361 g/mol. The van der Waals surface area contributed by atoms with Crippen LogP contribution in [0.3, 0.4) is 0 Å². The van der Waals surface area contributed by atoms with Gasteiger partial charge in [0.2, 0.25) is 5.91 Å². The van der Waals surface area contributed by atoms with Crippen molar-refractivity contribution >= 4 is 22.5 Å². The summed E-state index contributed by atoms with van der Waals surface area (Å²) >= 11 is 0. The van der Waals surface area contributed by atoms with Crippen LogP contribution in [-0.2, 0) is 15.6 Å². The minimum absolute atomic E-state index is 0.0188. The number of rotatable bonds is 4. The van der Waals surface area contributed by atoms with Crippen LogP contribution < -0.4 is 10.1 Å². The number of ketones is 1. The van der Waals surface area contributed by atoms with E-state index in [0.717, 1.165) is 18.4 Å². The molecule has 1 amide bonds. The maximum absolute atomic E-state index is 12.7. The molecule has 5 atom stereocenters. The lowest BCUT2D eigenvalue weighted by molar-refractivity contribution is -0.124. The van der Waals surface area contributed by atoms with Gasteiger partial charge in [-0.1, -0.05) is 11.6 Å². The zero-order valence-electron chi connectivity index (χ0n) is 14.5. The van der Waals surface area contributed by atoms with Gasteiger partial charge in [-0.15, -0.1) is 0 Å². The minimum Gasteiger partial charge on any atom is -0.486 e. The molecule has 25 heavy (non-hydrogen) atoms. The highest BCUT2D eigenvalue weighted by Gasteiger charge is 2.70. The minimum atomic E-state index is -0.907. The van der Waals surface area contributed by atoms with E-state index in [1.807, 2.05) is 25.1 Å². The number of benzene rings is 1. The summed E-state index contributed by atoms with van der Waals surface area (Å²) in [5.41, 5.74) is 1.20. The molecule has 2 aliphatic carbocycles. The highest BCUT2D eigenvalue weighted by molar-refractivity contribution is 7.84. The first-order valence-electron chi connectivity index (χ1n) is 8.82. The summed E-state index contributed by atoms with van der Waals surface area (Å²) in [4.78, 5) is 25.1. The number of ether oxygens (including phenoxy) is 1. The van der Waals surface area contributed by atoms with E-state index in [1.165, 1.54) is 0 Å². The van der Waals surface area contributed by atoms with Gasteiger partial charge in [0.1, 0.15) is 11.4 Å². The zero-order chi connectivity index (χ0) is 17.8. The quantitative estimate of drug-likeness (QED) is 0.888. The Hall–Kier alpha value is -1.69. The first-order valence-corrected chi connectivity index (χ1v) is 10.5. The third-order valence-corrected chi connectivity index (χ3v) is 6.66. The Labute approximate surface area is 150 Å². The second-order valence-electron chi connectivity index (χ2n) is 7.59. The van der Waals surface area contributed by atoms with E-state index in [4.69, 9.17) is 4.74 Å². The van der Waals surface area contributed by atoms with E-state index in [0.29, 0.717) is 35.9 Å². The summed E-state index contributed by atoms with van der Waals surface area (Å²) in [6.45, 7) is 2.40. The summed E-state index contributed by atoms with van der Waals surface area (Å²) in [6, 6.07) is 5.73. The molecule has 2 fully saturated rings. The molecule has 1 heterocycles. The molecule has 1 aliphatic heterocycles. The maximum Gasteiger partial charge on any atom is 0.223 e. The van der Waals surface area contributed by atoms with Crippen molar-refractivity contribution in [2.45, 2.75) is 31.8 Å². The van der Waals surface area contributed by atoms with Crippen LogP contribution in [0.5, 0.6) is 5.75 Å². The predicted octanol–water partition coefficient (Wildman–Crippen LogP) is 1.85. The van der Waals surface area contributed by atoms with Gasteiger partial charge in [-0.05, 0) is 37.8 Å². The van der Waals surface area contributed by atoms with Crippen LogP contribution in [0.15, 0.2) is 18.2 Å². The summed E-state index contributed by atoms with van der Waals surface area (Å²) in [5.74, 6) is 1.64. The Morgan fingerprint density at radius 3 is 3.00 bits per heavy atom. The lowest BCUT2D eigenvalue weighted by Crippen LogP contribution is -2.44. The third kappa shape index (κ3) is 2.80. The van der Waals surface area contributed by atoms with Gasteiger partial charge in [0.25, 0.3) is 0 Å². The van der Waals surface area contributed by atoms with Crippen LogP contribution in [-0.4, -0.2) is 40.1 Å². The van der Waals surface area contributed by atoms with E-state index in [9.17, 15) is 13.8 Å². The average molecular weight is 361 g/mol. The number of Topliss-reactive ketones (excluding diaryl/α,β-unsaturated/α-hetero) is 1. The normalized spacial score (nSPS) is 33.4. The van der Waals surface area contributed by atoms with Crippen LogP contribution in [0.2, 0.25) is 0 Å². The molecule has 134 valence electrons. The Balaban J connectivity index is 1.49. The molecule has 1 spiro atoms. The van der Waals surface area contributed by atoms with E-state index in [1.54, 1.807) is 6.26 Å². The molecular weight excluding hydrogens is 338 g/mol. The first kappa shape index (κ1) is 16.8. The summed E-state index contributed by atoms with van der Waals surface area (Å²) in [6.07, 6.45) is 3.77. The Morgan fingerprint density at radius 2 is 2.24 bits per heavy atom. The van der Waals surface area contributed by atoms with Crippen molar-refractivity contribution in [1.29, 1.82) is 0 Å².